The fourth-order valence-corrected chi connectivity index (χ4v) is 1.70. The first kappa shape index (κ1) is 11.0. The number of nitrogens with zero attached hydrogens (tertiary/aromatic N) is 1. The molecule has 1 rings (SSSR count). The van der Waals surface area contributed by atoms with Crippen molar-refractivity contribution in [2.24, 2.45) is 5.92 Å². The van der Waals surface area contributed by atoms with Gasteiger partial charge in [0.15, 0.2) is 0 Å². The molecule has 0 saturated carbocycles. The number of aliphatic carboxylic acids is 1. The van der Waals surface area contributed by atoms with Gasteiger partial charge in [-0.15, -0.1) is 0 Å². The molecule has 0 aromatic carbocycles. The fraction of sp³-hybridized carbons (Fsp3) is 0.800. The molecule has 80 valence electrons. The average molecular weight is 199 g/mol. The second-order valence-corrected chi connectivity index (χ2v) is 4.75. The van der Waals surface area contributed by atoms with Gasteiger partial charge in [-0.2, -0.15) is 0 Å². The summed E-state index contributed by atoms with van der Waals surface area (Å²) in [6.45, 7) is 6.12. The van der Waals surface area contributed by atoms with Crippen molar-refractivity contribution in [3.8, 4) is 0 Å². The third-order valence-electron chi connectivity index (χ3n) is 2.57. The summed E-state index contributed by atoms with van der Waals surface area (Å²) in [7, 11) is 0. The lowest BCUT2D eigenvalue weighted by atomic mass is 9.93. The molecular weight excluding hydrogens is 182 g/mol. The van der Waals surface area contributed by atoms with Gasteiger partial charge in [0, 0.05) is 18.5 Å². The van der Waals surface area contributed by atoms with E-state index in [-0.39, 0.29) is 11.4 Å². The van der Waals surface area contributed by atoms with Gasteiger partial charge < -0.3 is 10.0 Å². The Morgan fingerprint density at radius 2 is 2.07 bits per heavy atom. The van der Waals surface area contributed by atoms with Crippen LogP contribution in [0.5, 0.6) is 0 Å². The number of carboxylic acid groups (broad SMARTS) is 1. The van der Waals surface area contributed by atoms with E-state index in [9.17, 15) is 9.59 Å². The summed E-state index contributed by atoms with van der Waals surface area (Å²) in [6.07, 6.45) is 0.828. The highest BCUT2D eigenvalue weighted by molar-refractivity contribution is 5.81. The van der Waals surface area contributed by atoms with Crippen LogP contribution in [0.25, 0.3) is 0 Å². The van der Waals surface area contributed by atoms with E-state index in [4.69, 9.17) is 5.11 Å². The van der Waals surface area contributed by atoms with E-state index in [1.54, 1.807) is 4.90 Å². The summed E-state index contributed by atoms with van der Waals surface area (Å²) in [5.74, 6) is -1.13. The highest BCUT2D eigenvalue weighted by atomic mass is 16.4. The minimum Gasteiger partial charge on any atom is -0.481 e. The van der Waals surface area contributed by atoms with Crippen LogP contribution in [-0.4, -0.2) is 34.0 Å². The number of piperidine rings is 1. The van der Waals surface area contributed by atoms with Crippen molar-refractivity contribution in [1.29, 1.82) is 0 Å². The zero-order chi connectivity index (χ0) is 10.9. The molecular formula is C10H17NO3. The molecule has 1 heterocycles. The minimum atomic E-state index is -0.799. The number of carboxylic acids is 1. The van der Waals surface area contributed by atoms with Gasteiger partial charge in [-0.1, -0.05) is 0 Å². The lowest BCUT2D eigenvalue weighted by Crippen LogP contribution is -2.51. The second kappa shape index (κ2) is 3.59. The number of carbonyl (C=O) groups excluding carboxylic acids is 1. The van der Waals surface area contributed by atoms with Crippen LogP contribution in [0.15, 0.2) is 0 Å². The summed E-state index contributed by atoms with van der Waals surface area (Å²) in [5.41, 5.74) is -0.273. The van der Waals surface area contributed by atoms with E-state index in [1.165, 1.54) is 0 Å². The standard InChI is InChI=1S/C10H17NO3/c1-10(2,3)11-6-7(9(13)14)4-5-8(11)12/h7H,4-6H2,1-3H3,(H,13,14). The Hall–Kier alpha value is -1.06. The predicted octanol–water partition coefficient (Wildman–Crippen LogP) is 1.11. The first-order chi connectivity index (χ1) is 6.32. The summed E-state index contributed by atoms with van der Waals surface area (Å²) >= 11 is 0. The minimum absolute atomic E-state index is 0.0648. The second-order valence-electron chi connectivity index (χ2n) is 4.75. The zero-order valence-corrected chi connectivity index (χ0v) is 8.91. The van der Waals surface area contributed by atoms with Crippen LogP contribution in [-0.2, 0) is 9.59 Å². The predicted molar refractivity (Wildman–Crippen MR) is 51.8 cm³/mol. The average Bonchev–Trinajstić information content (AvgIpc) is 2.02. The van der Waals surface area contributed by atoms with Crippen LogP contribution < -0.4 is 0 Å². The SMILES string of the molecule is CC(C)(C)N1CC(C(=O)O)CCC1=O. The van der Waals surface area contributed by atoms with Gasteiger partial charge in [0.25, 0.3) is 0 Å². The van der Waals surface area contributed by atoms with Crippen molar-refractivity contribution >= 4 is 11.9 Å². The quantitative estimate of drug-likeness (QED) is 0.688. The molecule has 0 aromatic heterocycles. The van der Waals surface area contributed by atoms with E-state index in [1.807, 2.05) is 20.8 Å². The van der Waals surface area contributed by atoms with E-state index >= 15 is 0 Å². The van der Waals surface area contributed by atoms with Gasteiger partial charge in [-0.25, -0.2) is 0 Å². The Kier molecular flexibility index (Phi) is 2.83. The third kappa shape index (κ3) is 2.25. The van der Waals surface area contributed by atoms with Gasteiger partial charge in [0.2, 0.25) is 5.91 Å². The highest BCUT2D eigenvalue weighted by Gasteiger charge is 2.35. The fourth-order valence-electron chi connectivity index (χ4n) is 1.70. The molecule has 4 nitrogen and oxygen atoms in total. The molecule has 0 bridgehead atoms. The van der Waals surface area contributed by atoms with E-state index in [2.05, 4.69) is 0 Å². The van der Waals surface area contributed by atoms with Crippen LogP contribution in [0.4, 0.5) is 0 Å². The zero-order valence-electron chi connectivity index (χ0n) is 8.91. The third-order valence-corrected chi connectivity index (χ3v) is 2.57. The van der Waals surface area contributed by atoms with Crippen LogP contribution in [0.3, 0.4) is 0 Å². The monoisotopic (exact) mass is 199 g/mol. The summed E-state index contributed by atoms with van der Waals surface area (Å²) in [5, 5.41) is 8.87. The van der Waals surface area contributed by atoms with Crippen molar-refractivity contribution in [1.82, 2.24) is 4.90 Å². The Balaban J connectivity index is 2.74. The number of carbonyl (C=O) groups is 2. The molecule has 1 atom stereocenters. The lowest BCUT2D eigenvalue weighted by molar-refractivity contribution is -0.150. The van der Waals surface area contributed by atoms with Crippen molar-refractivity contribution in [3.05, 3.63) is 0 Å². The first-order valence-corrected chi connectivity index (χ1v) is 4.85. The molecule has 1 N–H and O–H groups in total. The first-order valence-electron chi connectivity index (χ1n) is 4.85. The molecule has 1 aliphatic heterocycles. The normalized spacial score (nSPS) is 23.8. The van der Waals surface area contributed by atoms with Gasteiger partial charge in [-0.3, -0.25) is 9.59 Å². The Labute approximate surface area is 83.9 Å². The topological polar surface area (TPSA) is 57.6 Å². The molecule has 0 aliphatic carbocycles. The number of hydrogen-bond donors (Lipinski definition) is 1. The van der Waals surface area contributed by atoms with Gasteiger partial charge >= 0.3 is 5.97 Å². The molecule has 0 spiro atoms. The van der Waals surface area contributed by atoms with Crippen molar-refractivity contribution < 1.29 is 14.7 Å². The van der Waals surface area contributed by atoms with Crippen LogP contribution in [0, 0.1) is 5.92 Å². The van der Waals surface area contributed by atoms with Crippen molar-refractivity contribution in [2.45, 2.75) is 39.2 Å². The van der Waals surface area contributed by atoms with E-state index in [0.717, 1.165) is 0 Å². The number of amides is 1. The largest absolute Gasteiger partial charge is 0.481 e. The van der Waals surface area contributed by atoms with Crippen molar-refractivity contribution in [2.75, 3.05) is 6.54 Å². The lowest BCUT2D eigenvalue weighted by Gasteiger charge is -2.40. The van der Waals surface area contributed by atoms with Crippen LogP contribution in [0.2, 0.25) is 0 Å². The Morgan fingerprint density at radius 3 is 2.50 bits per heavy atom. The Morgan fingerprint density at radius 1 is 1.50 bits per heavy atom. The molecule has 4 heteroatoms. The van der Waals surface area contributed by atoms with E-state index in [0.29, 0.717) is 19.4 Å². The molecule has 1 aliphatic rings. The van der Waals surface area contributed by atoms with E-state index < -0.39 is 11.9 Å². The van der Waals surface area contributed by atoms with Gasteiger partial charge in [-0.05, 0) is 27.2 Å². The maximum absolute atomic E-state index is 11.5. The van der Waals surface area contributed by atoms with Gasteiger partial charge in [0.05, 0.1) is 5.92 Å². The van der Waals surface area contributed by atoms with Crippen molar-refractivity contribution in [3.63, 3.8) is 0 Å². The van der Waals surface area contributed by atoms with Gasteiger partial charge in [0.1, 0.15) is 0 Å². The summed E-state index contributed by atoms with van der Waals surface area (Å²) in [4.78, 5) is 24.0. The number of rotatable bonds is 1. The molecule has 1 unspecified atom stereocenters. The maximum Gasteiger partial charge on any atom is 0.308 e. The smallest absolute Gasteiger partial charge is 0.308 e. The van der Waals surface area contributed by atoms with Crippen LogP contribution >= 0.6 is 0 Å². The molecule has 1 saturated heterocycles. The molecule has 1 amide bonds. The molecule has 0 radical (unpaired) electrons. The summed E-state index contributed by atoms with van der Waals surface area (Å²) < 4.78 is 0. The number of likely N-dealkylation sites (tertiary alicyclic amines) is 1. The highest BCUT2D eigenvalue weighted by Crippen LogP contribution is 2.24. The van der Waals surface area contributed by atoms with Crippen LogP contribution in [0.1, 0.15) is 33.6 Å². The summed E-state index contributed by atoms with van der Waals surface area (Å²) in [6, 6.07) is 0. The maximum atomic E-state index is 11.5. The number of hydrogen-bond acceptors (Lipinski definition) is 2. The molecule has 14 heavy (non-hydrogen) atoms. The Bertz CT molecular complexity index is 255. The molecule has 0 aromatic rings. The molecule has 1 fully saturated rings.